The normalized spacial score (nSPS) is 11.9. The minimum Gasteiger partial charge on any atom is -0.456 e. The molecule has 0 bridgehead atoms. The highest BCUT2D eigenvalue weighted by atomic mass is 32.1. The number of benzene rings is 3. The average Bonchev–Trinajstić information content (AvgIpc) is 3.34. The second-order valence-corrected chi connectivity index (χ2v) is 8.13. The first-order valence-corrected chi connectivity index (χ1v) is 10.2. The van der Waals surface area contributed by atoms with Gasteiger partial charge >= 0.3 is 0 Å². The zero-order chi connectivity index (χ0) is 18.8. The lowest BCUT2D eigenvalue weighted by Gasteiger charge is -2.07. The Morgan fingerprint density at radius 3 is 2.79 bits per heavy atom. The van der Waals surface area contributed by atoms with E-state index in [2.05, 4.69) is 83.5 Å². The molecule has 3 heterocycles. The lowest BCUT2D eigenvalue weighted by atomic mass is 9.99. The van der Waals surface area contributed by atoms with E-state index in [-0.39, 0.29) is 0 Å². The van der Waals surface area contributed by atoms with Gasteiger partial charge in [0.25, 0.3) is 6.33 Å². The van der Waals surface area contributed by atoms with Gasteiger partial charge in [-0.2, -0.15) is 0 Å². The van der Waals surface area contributed by atoms with Gasteiger partial charge in [-0.05, 0) is 46.3 Å². The van der Waals surface area contributed by atoms with E-state index >= 15 is 0 Å². The van der Waals surface area contributed by atoms with Gasteiger partial charge in [-0.15, -0.1) is 11.3 Å². The molecule has 0 aliphatic heterocycles. The Balaban J connectivity index is 1.74. The average molecular weight is 381 g/mol. The lowest BCUT2D eigenvalue weighted by Crippen LogP contribution is -2.31. The van der Waals surface area contributed by atoms with Crippen LogP contribution in [0.1, 0.15) is 5.56 Å². The molecule has 3 aromatic heterocycles. The SMILES string of the molecule is Cc1c(-c2c3sccc3nc[n+]2C)ccc2c1oc1ccc3ccccc3c12. The summed E-state index contributed by atoms with van der Waals surface area (Å²) in [5.41, 5.74) is 6.47. The maximum atomic E-state index is 6.37. The van der Waals surface area contributed by atoms with Crippen LogP contribution in [0.25, 0.3) is 54.2 Å². The van der Waals surface area contributed by atoms with Gasteiger partial charge in [0.05, 0.1) is 7.05 Å². The second-order valence-electron chi connectivity index (χ2n) is 7.22. The predicted octanol–water partition coefficient (Wildman–Crippen LogP) is 6.15. The fourth-order valence-corrected chi connectivity index (χ4v) is 5.20. The summed E-state index contributed by atoms with van der Waals surface area (Å²) >= 11 is 1.73. The summed E-state index contributed by atoms with van der Waals surface area (Å²) in [5, 5.41) is 6.94. The smallest absolute Gasteiger partial charge is 0.287 e. The molecule has 3 aromatic carbocycles. The number of hydrogen-bond acceptors (Lipinski definition) is 3. The molecule has 0 spiro atoms. The third-order valence-electron chi connectivity index (χ3n) is 5.62. The molecular weight excluding hydrogens is 364 g/mol. The van der Waals surface area contributed by atoms with Crippen LogP contribution in [-0.4, -0.2) is 4.98 Å². The van der Waals surface area contributed by atoms with Crippen LogP contribution in [0.4, 0.5) is 0 Å². The van der Waals surface area contributed by atoms with Crippen molar-refractivity contribution in [3.8, 4) is 11.3 Å². The molecule has 0 saturated heterocycles. The van der Waals surface area contributed by atoms with Crippen LogP contribution in [-0.2, 0) is 7.05 Å². The standard InChI is InChI=1S/C24H17N2OS/c1-14-16(22-24-19(11-12-28-24)25-13-26(22)2)8-9-18-21-17-6-4-3-5-15(17)7-10-20(21)27-23(14)18/h3-13H,1-2H3/q+1. The third-order valence-corrected chi connectivity index (χ3v) is 6.53. The Bertz CT molecular complexity index is 1540. The monoisotopic (exact) mass is 381 g/mol. The highest BCUT2D eigenvalue weighted by molar-refractivity contribution is 7.17. The molecule has 0 saturated carbocycles. The first kappa shape index (κ1) is 15.8. The molecule has 4 heteroatoms. The summed E-state index contributed by atoms with van der Waals surface area (Å²) in [4.78, 5) is 4.54. The fourth-order valence-electron chi connectivity index (χ4n) is 4.26. The second kappa shape index (κ2) is 5.63. The number of aryl methyl sites for hydroxylation is 2. The number of hydrogen-bond donors (Lipinski definition) is 0. The summed E-state index contributed by atoms with van der Waals surface area (Å²) in [6.07, 6.45) is 1.89. The van der Waals surface area contributed by atoms with Gasteiger partial charge in [-0.25, -0.2) is 4.57 Å². The van der Waals surface area contributed by atoms with Crippen molar-refractivity contribution < 1.29 is 8.98 Å². The molecule has 0 aliphatic carbocycles. The molecule has 6 rings (SSSR count). The largest absolute Gasteiger partial charge is 0.456 e. The van der Waals surface area contributed by atoms with Crippen LogP contribution in [0.5, 0.6) is 0 Å². The van der Waals surface area contributed by atoms with E-state index in [1.165, 1.54) is 37.5 Å². The van der Waals surface area contributed by atoms with Crippen molar-refractivity contribution in [3.63, 3.8) is 0 Å². The highest BCUT2D eigenvalue weighted by Gasteiger charge is 2.21. The van der Waals surface area contributed by atoms with Crippen molar-refractivity contribution in [2.24, 2.45) is 7.05 Å². The van der Waals surface area contributed by atoms with Crippen molar-refractivity contribution in [2.45, 2.75) is 6.92 Å². The van der Waals surface area contributed by atoms with Crippen LogP contribution in [0.3, 0.4) is 0 Å². The Morgan fingerprint density at radius 2 is 1.86 bits per heavy atom. The summed E-state index contributed by atoms with van der Waals surface area (Å²) < 4.78 is 9.67. The molecule has 0 fully saturated rings. The third kappa shape index (κ3) is 2.04. The minimum absolute atomic E-state index is 0.939. The van der Waals surface area contributed by atoms with Crippen LogP contribution >= 0.6 is 11.3 Å². The van der Waals surface area contributed by atoms with E-state index in [4.69, 9.17) is 4.42 Å². The number of thiophene rings is 1. The van der Waals surface area contributed by atoms with Crippen molar-refractivity contribution in [2.75, 3.05) is 0 Å². The van der Waals surface area contributed by atoms with E-state index in [9.17, 15) is 0 Å². The van der Waals surface area contributed by atoms with E-state index in [0.717, 1.165) is 22.2 Å². The zero-order valence-corrected chi connectivity index (χ0v) is 16.4. The van der Waals surface area contributed by atoms with Gasteiger partial charge in [-0.1, -0.05) is 30.3 Å². The van der Waals surface area contributed by atoms with E-state index in [1.54, 1.807) is 11.3 Å². The Morgan fingerprint density at radius 1 is 0.964 bits per heavy atom. The van der Waals surface area contributed by atoms with Crippen LogP contribution in [0.2, 0.25) is 0 Å². The van der Waals surface area contributed by atoms with Gasteiger partial charge in [0, 0.05) is 28.0 Å². The quantitative estimate of drug-likeness (QED) is 0.320. The van der Waals surface area contributed by atoms with Crippen molar-refractivity contribution in [1.29, 1.82) is 0 Å². The zero-order valence-electron chi connectivity index (χ0n) is 15.6. The number of fused-ring (bicyclic) bond motifs is 6. The van der Waals surface area contributed by atoms with Crippen molar-refractivity contribution in [1.82, 2.24) is 4.98 Å². The molecule has 0 amide bonds. The summed E-state index contributed by atoms with van der Waals surface area (Å²) in [6.45, 7) is 2.15. The summed E-state index contributed by atoms with van der Waals surface area (Å²) in [6, 6.07) is 19.2. The van der Waals surface area contributed by atoms with E-state index in [0.29, 0.717) is 0 Å². The summed E-state index contributed by atoms with van der Waals surface area (Å²) in [7, 11) is 2.05. The Kier molecular flexibility index (Phi) is 3.17. The molecule has 134 valence electrons. The van der Waals surface area contributed by atoms with Gasteiger partial charge in [0.1, 0.15) is 15.9 Å². The number of furan rings is 1. The molecule has 0 N–H and O–H groups in total. The molecule has 3 nitrogen and oxygen atoms in total. The maximum Gasteiger partial charge on any atom is 0.287 e. The predicted molar refractivity (Wildman–Crippen MR) is 116 cm³/mol. The van der Waals surface area contributed by atoms with E-state index < -0.39 is 0 Å². The van der Waals surface area contributed by atoms with Crippen LogP contribution in [0.15, 0.2) is 70.7 Å². The van der Waals surface area contributed by atoms with Crippen molar-refractivity contribution >= 4 is 54.3 Å². The topological polar surface area (TPSA) is 29.9 Å². The molecule has 0 radical (unpaired) electrons. The minimum atomic E-state index is 0.939. The molecule has 0 unspecified atom stereocenters. The fraction of sp³-hybridized carbons (Fsp3) is 0.0833. The first-order chi connectivity index (χ1) is 13.7. The van der Waals surface area contributed by atoms with Gasteiger partial charge < -0.3 is 4.42 Å². The number of rotatable bonds is 1. The molecule has 6 aromatic rings. The van der Waals surface area contributed by atoms with Gasteiger partial charge in [0.2, 0.25) is 0 Å². The summed E-state index contributed by atoms with van der Waals surface area (Å²) in [5.74, 6) is 0. The van der Waals surface area contributed by atoms with Gasteiger partial charge in [0.15, 0.2) is 11.2 Å². The van der Waals surface area contributed by atoms with Gasteiger partial charge in [-0.3, -0.25) is 0 Å². The number of nitrogens with zero attached hydrogens (tertiary/aromatic N) is 2. The first-order valence-electron chi connectivity index (χ1n) is 9.28. The van der Waals surface area contributed by atoms with Crippen molar-refractivity contribution in [3.05, 3.63) is 71.9 Å². The molecule has 28 heavy (non-hydrogen) atoms. The lowest BCUT2D eigenvalue weighted by molar-refractivity contribution is -0.662. The molecular formula is C24H17N2OS+. The molecule has 0 atom stereocenters. The Labute approximate surface area is 165 Å². The Hall–Kier alpha value is -3.24. The van der Waals surface area contributed by atoms with Crippen LogP contribution in [0, 0.1) is 6.92 Å². The maximum absolute atomic E-state index is 6.37. The highest BCUT2D eigenvalue weighted by Crippen LogP contribution is 2.39. The molecule has 0 aliphatic rings. The number of aromatic nitrogens is 2. The van der Waals surface area contributed by atoms with E-state index in [1.807, 2.05) is 6.33 Å². The van der Waals surface area contributed by atoms with Crippen LogP contribution < -0.4 is 4.57 Å².